The van der Waals surface area contributed by atoms with Gasteiger partial charge >= 0.3 is 0 Å². The molecule has 4 N–H and O–H groups in total. The number of hydrazine groups is 1. The average molecular weight is 538 g/mol. The number of hydrogen-bond donors (Lipinski definition) is 2. The summed E-state index contributed by atoms with van der Waals surface area (Å²) in [6.45, 7) is 3.43. The summed E-state index contributed by atoms with van der Waals surface area (Å²) in [5.41, 5.74) is 8.16. The molecule has 0 aliphatic carbocycles. The van der Waals surface area contributed by atoms with Crippen molar-refractivity contribution >= 4 is 50.4 Å². The monoisotopic (exact) mass is 536 g/mol. The van der Waals surface area contributed by atoms with Crippen LogP contribution in [0.2, 0.25) is 5.02 Å². The molecule has 9 heteroatoms. The molecular weight excluding hydrogens is 520 g/mol. The fourth-order valence-electron chi connectivity index (χ4n) is 2.50. The molecule has 2 aromatic rings. The van der Waals surface area contributed by atoms with E-state index in [2.05, 4.69) is 31.1 Å². The van der Waals surface area contributed by atoms with Crippen LogP contribution >= 0.6 is 27.5 Å². The molecule has 1 aliphatic rings. The van der Waals surface area contributed by atoms with Gasteiger partial charge in [-0.3, -0.25) is 5.01 Å². The van der Waals surface area contributed by atoms with Gasteiger partial charge in [0.2, 0.25) is 0 Å². The quantitative estimate of drug-likeness (QED) is 0.357. The molecule has 3 rings (SSSR count). The van der Waals surface area contributed by atoms with Gasteiger partial charge in [0.25, 0.3) is 0 Å². The molecule has 1 saturated heterocycles. The summed E-state index contributed by atoms with van der Waals surface area (Å²) in [5.74, 6) is 6.64. The molecule has 1 aliphatic heterocycles. The molecule has 1 aromatic heterocycles. The van der Waals surface area contributed by atoms with Crippen LogP contribution in [0.3, 0.4) is 0 Å². The first-order chi connectivity index (χ1) is 11.1. The largest absolute Gasteiger partial charge is 0.659 e. The van der Waals surface area contributed by atoms with Crippen LogP contribution in [0.1, 0.15) is 0 Å². The topological polar surface area (TPSA) is 85.5 Å². The SMILES string of the molecule is Nc1ccc(Br)nc1N(N)c1ccc(N2CC[N-]CC2)c(Cl)c1.[Pr]. The van der Waals surface area contributed by atoms with E-state index in [4.69, 9.17) is 23.2 Å². The van der Waals surface area contributed by atoms with Crippen molar-refractivity contribution < 1.29 is 41.3 Å². The number of aromatic nitrogens is 1. The van der Waals surface area contributed by atoms with Crippen molar-refractivity contribution in [1.29, 1.82) is 0 Å². The van der Waals surface area contributed by atoms with Crippen LogP contribution in [-0.4, -0.2) is 31.2 Å². The zero-order valence-electron chi connectivity index (χ0n) is 13.0. The van der Waals surface area contributed by atoms with Gasteiger partial charge in [-0.2, -0.15) is 0 Å². The number of nitrogen functional groups attached to an aromatic ring is 1. The predicted molar refractivity (Wildman–Crippen MR) is 99.4 cm³/mol. The van der Waals surface area contributed by atoms with Crippen molar-refractivity contribution in [3.05, 3.63) is 45.3 Å². The first kappa shape index (κ1) is 20.1. The van der Waals surface area contributed by atoms with E-state index < -0.39 is 0 Å². The van der Waals surface area contributed by atoms with Gasteiger partial charge in [0.15, 0.2) is 5.82 Å². The summed E-state index contributed by atoms with van der Waals surface area (Å²) in [4.78, 5) is 6.55. The van der Waals surface area contributed by atoms with Crippen molar-refractivity contribution in [1.82, 2.24) is 4.98 Å². The maximum atomic E-state index is 6.45. The van der Waals surface area contributed by atoms with Crippen molar-refractivity contribution in [2.75, 3.05) is 41.8 Å². The van der Waals surface area contributed by atoms with Gasteiger partial charge in [-0.05, 0) is 59.4 Å². The zero-order valence-corrected chi connectivity index (χ0v) is 19.0. The number of benzene rings is 1. The Morgan fingerprint density at radius 1 is 1.21 bits per heavy atom. The molecule has 1 radical (unpaired) electrons. The molecule has 0 bridgehead atoms. The van der Waals surface area contributed by atoms with Crippen LogP contribution in [0, 0.1) is 41.3 Å². The summed E-state index contributed by atoms with van der Waals surface area (Å²) < 4.78 is 0.664. The molecule has 0 amide bonds. The number of hydrogen-bond acceptors (Lipinski definition) is 5. The first-order valence-electron chi connectivity index (χ1n) is 7.21. The van der Waals surface area contributed by atoms with Gasteiger partial charge in [0.1, 0.15) is 4.60 Å². The molecule has 0 atom stereocenters. The molecule has 2 heterocycles. The van der Waals surface area contributed by atoms with E-state index in [1.165, 1.54) is 5.01 Å². The number of pyridine rings is 1. The Kier molecular flexibility index (Phi) is 7.52. The molecule has 0 saturated carbocycles. The number of nitrogens with zero attached hydrogens (tertiary/aromatic N) is 4. The Labute approximate surface area is 188 Å². The standard InChI is InChI=1S/C15H17BrClN6.Pr/c16-14-4-2-12(18)15(21-14)23(19)10-1-3-13(11(17)9-10)22-7-5-20-6-8-22;/h1-4,9H,5-8,18-19H2;/q-1;. The Bertz CT molecular complexity index is 710. The van der Waals surface area contributed by atoms with E-state index in [9.17, 15) is 0 Å². The molecule has 6 nitrogen and oxygen atoms in total. The summed E-state index contributed by atoms with van der Waals surface area (Å²) in [6.07, 6.45) is 0. The fraction of sp³-hybridized carbons (Fsp3) is 0.267. The van der Waals surface area contributed by atoms with Gasteiger partial charge in [-0.25, -0.2) is 10.8 Å². The Balaban J connectivity index is 0.00000208. The van der Waals surface area contributed by atoms with Crippen molar-refractivity contribution in [3.8, 4) is 0 Å². The third-order valence-electron chi connectivity index (χ3n) is 3.71. The molecule has 24 heavy (non-hydrogen) atoms. The fourth-order valence-corrected chi connectivity index (χ4v) is 3.10. The first-order valence-corrected chi connectivity index (χ1v) is 8.38. The van der Waals surface area contributed by atoms with Crippen LogP contribution in [-0.2, 0) is 0 Å². The maximum absolute atomic E-state index is 6.45. The predicted octanol–water partition coefficient (Wildman–Crippen LogP) is 3.29. The molecule has 0 spiro atoms. The normalized spacial score (nSPS) is 14.2. The van der Waals surface area contributed by atoms with Crippen molar-refractivity contribution in [3.63, 3.8) is 0 Å². The third kappa shape index (κ3) is 4.51. The van der Waals surface area contributed by atoms with Crippen LogP contribution < -0.4 is 21.5 Å². The average Bonchev–Trinajstić information content (AvgIpc) is 2.57. The summed E-state index contributed by atoms with van der Waals surface area (Å²) in [6, 6.07) is 9.22. The molecule has 125 valence electrons. The van der Waals surface area contributed by atoms with Crippen LogP contribution in [0.15, 0.2) is 34.9 Å². The molecule has 1 aromatic carbocycles. The summed E-state index contributed by atoms with van der Waals surface area (Å²) >= 11 is 9.77. The zero-order chi connectivity index (χ0) is 16.4. The van der Waals surface area contributed by atoms with Crippen molar-refractivity contribution in [2.45, 2.75) is 0 Å². The number of nitrogens with two attached hydrogens (primary N) is 2. The van der Waals surface area contributed by atoms with E-state index in [-0.39, 0.29) is 41.3 Å². The van der Waals surface area contributed by atoms with Crippen molar-refractivity contribution in [2.24, 2.45) is 5.84 Å². The van der Waals surface area contributed by atoms with Gasteiger partial charge in [0.05, 0.1) is 22.1 Å². The van der Waals surface area contributed by atoms with Crippen LogP contribution in [0.4, 0.5) is 22.9 Å². The number of anilines is 4. The number of piperazine rings is 1. The second-order valence-corrected chi connectivity index (χ2v) is 6.43. The minimum absolute atomic E-state index is 0. The van der Waals surface area contributed by atoms with Gasteiger partial charge in [-0.15, -0.1) is 13.1 Å². The third-order valence-corrected chi connectivity index (χ3v) is 4.45. The maximum Gasteiger partial charge on any atom is 0.171 e. The Morgan fingerprint density at radius 2 is 1.92 bits per heavy atom. The summed E-state index contributed by atoms with van der Waals surface area (Å²) in [7, 11) is 0. The van der Waals surface area contributed by atoms with Crippen LogP contribution in [0.5, 0.6) is 0 Å². The second-order valence-electron chi connectivity index (χ2n) is 5.21. The van der Waals surface area contributed by atoms with E-state index in [1.807, 2.05) is 18.2 Å². The van der Waals surface area contributed by atoms with E-state index in [0.29, 0.717) is 21.1 Å². The van der Waals surface area contributed by atoms with E-state index in [0.717, 1.165) is 37.6 Å². The minimum Gasteiger partial charge on any atom is -0.659 e. The Hall–Kier alpha value is -0.176. The Morgan fingerprint density at radius 3 is 2.58 bits per heavy atom. The van der Waals surface area contributed by atoms with Gasteiger partial charge in [0, 0.05) is 41.3 Å². The smallest absolute Gasteiger partial charge is 0.171 e. The molecular formula is C15H17BrClN6Pr-. The van der Waals surface area contributed by atoms with Gasteiger partial charge < -0.3 is 16.0 Å². The molecule has 0 unspecified atom stereocenters. The summed E-state index contributed by atoms with van der Waals surface area (Å²) in [5, 5.41) is 6.42. The molecule has 1 fully saturated rings. The van der Waals surface area contributed by atoms with Crippen LogP contribution in [0.25, 0.3) is 5.32 Å². The second kappa shape index (κ2) is 8.96. The number of halogens is 2. The van der Waals surface area contributed by atoms with Gasteiger partial charge in [-0.1, -0.05) is 11.6 Å². The van der Waals surface area contributed by atoms with E-state index in [1.54, 1.807) is 12.1 Å². The minimum atomic E-state index is 0. The number of rotatable bonds is 3. The van der Waals surface area contributed by atoms with E-state index >= 15 is 0 Å².